The second-order valence-corrected chi connectivity index (χ2v) is 10.8. The molecular formula is C36H25NO2. The zero-order valence-corrected chi connectivity index (χ0v) is 21.7. The molecule has 0 saturated heterocycles. The van der Waals surface area contributed by atoms with Crippen molar-refractivity contribution in [1.29, 1.82) is 0 Å². The highest BCUT2D eigenvalue weighted by Gasteiger charge is 2.37. The second kappa shape index (κ2) is 8.05. The number of aromatic nitrogens is 1. The SMILES string of the molecule is CC1(C)c2ccccc2-c2cc3c(cc21)Oc1c(cccc1-c1ccc2nc(-c4ccccc4)ccc2c1)O3. The lowest BCUT2D eigenvalue weighted by Gasteiger charge is -2.26. The highest BCUT2D eigenvalue weighted by molar-refractivity contribution is 5.89. The largest absolute Gasteiger partial charge is 0.449 e. The summed E-state index contributed by atoms with van der Waals surface area (Å²) in [5.74, 6) is 2.97. The van der Waals surface area contributed by atoms with E-state index in [1.165, 1.54) is 22.3 Å². The molecule has 5 aromatic carbocycles. The second-order valence-electron chi connectivity index (χ2n) is 10.8. The summed E-state index contributed by atoms with van der Waals surface area (Å²) in [4.78, 5) is 4.91. The maximum Gasteiger partial charge on any atom is 0.177 e. The lowest BCUT2D eigenvalue weighted by Crippen LogP contribution is -2.15. The van der Waals surface area contributed by atoms with E-state index in [-0.39, 0.29) is 5.41 Å². The molecule has 0 amide bonds. The monoisotopic (exact) mass is 503 g/mol. The maximum absolute atomic E-state index is 6.63. The highest BCUT2D eigenvalue weighted by atomic mass is 16.6. The first-order valence-corrected chi connectivity index (χ1v) is 13.3. The molecule has 1 aliphatic carbocycles. The standard InChI is InChI=1S/C36H25NO2/c1-36(2)28-13-7-6-11-26(28)27-20-33-34(21-29(27)36)39-35-25(12-8-14-32(35)38-33)23-15-17-31-24(19-23)16-18-30(37-31)22-9-4-3-5-10-22/h3-21H,1-2H3. The summed E-state index contributed by atoms with van der Waals surface area (Å²) in [5, 5.41) is 1.08. The van der Waals surface area contributed by atoms with Crippen molar-refractivity contribution >= 4 is 10.9 Å². The van der Waals surface area contributed by atoms with Gasteiger partial charge in [0, 0.05) is 21.9 Å². The van der Waals surface area contributed by atoms with E-state index in [1.54, 1.807) is 0 Å². The highest BCUT2D eigenvalue weighted by Crippen LogP contribution is 2.56. The zero-order chi connectivity index (χ0) is 26.1. The van der Waals surface area contributed by atoms with E-state index >= 15 is 0 Å². The fraction of sp³-hybridized carbons (Fsp3) is 0.0833. The first kappa shape index (κ1) is 22.1. The molecule has 1 aromatic heterocycles. The Morgan fingerprint density at radius 1 is 0.538 bits per heavy atom. The molecule has 0 saturated carbocycles. The number of hydrogen-bond donors (Lipinski definition) is 0. The van der Waals surface area contributed by atoms with E-state index in [4.69, 9.17) is 14.5 Å². The number of benzene rings is 5. The van der Waals surface area contributed by atoms with Gasteiger partial charge in [0.15, 0.2) is 23.0 Å². The van der Waals surface area contributed by atoms with Gasteiger partial charge in [-0.05, 0) is 64.2 Å². The van der Waals surface area contributed by atoms with Gasteiger partial charge in [0.25, 0.3) is 0 Å². The summed E-state index contributed by atoms with van der Waals surface area (Å²) in [5.41, 5.74) is 10.1. The van der Waals surface area contributed by atoms with Gasteiger partial charge in [0.05, 0.1) is 11.2 Å². The van der Waals surface area contributed by atoms with Crippen LogP contribution in [0.1, 0.15) is 25.0 Å². The molecule has 0 N–H and O–H groups in total. The minimum atomic E-state index is -0.103. The number of ether oxygens (including phenoxy) is 2. The molecule has 2 heterocycles. The van der Waals surface area contributed by atoms with Crippen LogP contribution in [0.4, 0.5) is 0 Å². The van der Waals surface area contributed by atoms with Crippen molar-refractivity contribution < 1.29 is 9.47 Å². The molecule has 1 aliphatic heterocycles. The third kappa shape index (κ3) is 3.33. The molecule has 39 heavy (non-hydrogen) atoms. The van der Waals surface area contributed by atoms with Crippen molar-refractivity contribution in [2.45, 2.75) is 19.3 Å². The van der Waals surface area contributed by atoms with E-state index < -0.39 is 0 Å². The molecular weight excluding hydrogens is 478 g/mol. The van der Waals surface area contributed by atoms with Gasteiger partial charge >= 0.3 is 0 Å². The number of hydrogen-bond acceptors (Lipinski definition) is 3. The number of nitrogens with zero attached hydrogens (tertiary/aromatic N) is 1. The van der Waals surface area contributed by atoms with E-state index in [9.17, 15) is 0 Å². The zero-order valence-electron chi connectivity index (χ0n) is 21.7. The molecule has 6 aromatic rings. The van der Waals surface area contributed by atoms with E-state index in [2.05, 4.69) is 98.8 Å². The van der Waals surface area contributed by atoms with Crippen LogP contribution in [-0.2, 0) is 5.41 Å². The maximum atomic E-state index is 6.63. The van der Waals surface area contributed by atoms with Crippen molar-refractivity contribution in [2.24, 2.45) is 0 Å². The van der Waals surface area contributed by atoms with Crippen molar-refractivity contribution in [3.63, 3.8) is 0 Å². The van der Waals surface area contributed by atoms with Gasteiger partial charge < -0.3 is 9.47 Å². The lowest BCUT2D eigenvalue weighted by atomic mass is 9.82. The molecule has 0 fully saturated rings. The van der Waals surface area contributed by atoms with Crippen LogP contribution < -0.4 is 9.47 Å². The van der Waals surface area contributed by atoms with Gasteiger partial charge in [-0.15, -0.1) is 0 Å². The Kier molecular flexibility index (Phi) is 4.57. The Labute approximate surface area is 227 Å². The van der Waals surface area contributed by atoms with Crippen LogP contribution in [0.25, 0.3) is 44.4 Å². The first-order valence-electron chi connectivity index (χ1n) is 13.3. The summed E-state index contributed by atoms with van der Waals surface area (Å²) >= 11 is 0. The van der Waals surface area contributed by atoms with Crippen molar-refractivity contribution in [2.75, 3.05) is 0 Å². The lowest BCUT2D eigenvalue weighted by molar-refractivity contribution is 0.360. The van der Waals surface area contributed by atoms with Crippen LogP contribution in [0.5, 0.6) is 23.0 Å². The topological polar surface area (TPSA) is 31.4 Å². The predicted molar refractivity (Wildman–Crippen MR) is 157 cm³/mol. The van der Waals surface area contributed by atoms with Crippen molar-refractivity contribution in [3.8, 4) is 56.5 Å². The summed E-state index contributed by atoms with van der Waals surface area (Å²) in [6, 6.07) is 39.9. The molecule has 0 bridgehead atoms. The normalized spacial score (nSPS) is 14.0. The molecule has 2 aliphatic rings. The van der Waals surface area contributed by atoms with Crippen LogP contribution in [0.2, 0.25) is 0 Å². The molecule has 0 atom stereocenters. The van der Waals surface area contributed by atoms with E-state index in [0.717, 1.165) is 56.3 Å². The average Bonchev–Trinajstić information content (AvgIpc) is 3.20. The molecule has 8 rings (SSSR count). The predicted octanol–water partition coefficient (Wildman–Crippen LogP) is 9.77. The smallest absolute Gasteiger partial charge is 0.177 e. The quantitative estimate of drug-likeness (QED) is 0.235. The van der Waals surface area contributed by atoms with Gasteiger partial charge in [0.2, 0.25) is 0 Å². The Balaban J connectivity index is 1.19. The number of pyridine rings is 1. The Morgan fingerprint density at radius 2 is 1.33 bits per heavy atom. The summed E-state index contributed by atoms with van der Waals surface area (Å²) in [7, 11) is 0. The fourth-order valence-corrected chi connectivity index (χ4v) is 6.09. The Bertz CT molecular complexity index is 1940. The molecule has 0 radical (unpaired) electrons. The number of para-hydroxylation sites is 1. The van der Waals surface area contributed by atoms with Crippen LogP contribution >= 0.6 is 0 Å². The Morgan fingerprint density at radius 3 is 2.23 bits per heavy atom. The molecule has 0 unspecified atom stereocenters. The molecule has 186 valence electrons. The van der Waals surface area contributed by atoms with Gasteiger partial charge in [-0.3, -0.25) is 0 Å². The van der Waals surface area contributed by atoms with Crippen molar-refractivity contribution in [1.82, 2.24) is 4.98 Å². The summed E-state index contributed by atoms with van der Waals surface area (Å²) in [6.45, 7) is 4.55. The number of rotatable bonds is 2. The summed E-state index contributed by atoms with van der Waals surface area (Å²) < 4.78 is 13.1. The molecule has 0 spiro atoms. The minimum Gasteiger partial charge on any atom is -0.449 e. The van der Waals surface area contributed by atoms with Crippen LogP contribution in [0, 0.1) is 0 Å². The van der Waals surface area contributed by atoms with Gasteiger partial charge in [-0.1, -0.05) is 92.7 Å². The summed E-state index contributed by atoms with van der Waals surface area (Å²) in [6.07, 6.45) is 0. The minimum absolute atomic E-state index is 0.103. The average molecular weight is 504 g/mol. The molecule has 3 nitrogen and oxygen atoms in total. The van der Waals surface area contributed by atoms with E-state index in [0.29, 0.717) is 0 Å². The van der Waals surface area contributed by atoms with Gasteiger partial charge in [0.1, 0.15) is 0 Å². The fourth-order valence-electron chi connectivity index (χ4n) is 6.09. The first-order chi connectivity index (χ1) is 19.1. The van der Waals surface area contributed by atoms with E-state index in [1.807, 2.05) is 30.3 Å². The number of fused-ring (bicyclic) bond motifs is 6. The Hall–Kier alpha value is -4.89. The van der Waals surface area contributed by atoms with Gasteiger partial charge in [-0.25, -0.2) is 4.98 Å². The third-order valence-corrected chi connectivity index (χ3v) is 8.13. The molecule has 3 heteroatoms. The van der Waals surface area contributed by atoms with Crippen LogP contribution in [0.3, 0.4) is 0 Å². The third-order valence-electron chi connectivity index (χ3n) is 8.13. The van der Waals surface area contributed by atoms with Crippen LogP contribution in [-0.4, -0.2) is 4.98 Å². The van der Waals surface area contributed by atoms with Crippen molar-refractivity contribution in [3.05, 3.63) is 126 Å². The van der Waals surface area contributed by atoms with Crippen LogP contribution in [0.15, 0.2) is 115 Å². The van der Waals surface area contributed by atoms with Gasteiger partial charge in [-0.2, -0.15) is 0 Å².